The number of hydrogen-bond acceptors (Lipinski definition) is 3. The Bertz CT molecular complexity index is 1080. The van der Waals surface area contributed by atoms with Gasteiger partial charge in [0.2, 0.25) is 0 Å². The van der Waals surface area contributed by atoms with Crippen LogP contribution in [0, 0.1) is 31.6 Å². The molecule has 1 fully saturated rings. The maximum Gasteiger partial charge on any atom is 0.119 e. The van der Waals surface area contributed by atoms with Gasteiger partial charge in [-0.25, -0.2) is 4.98 Å². The normalized spacial score (nSPS) is 14.6. The summed E-state index contributed by atoms with van der Waals surface area (Å²) in [6.07, 6.45) is 4.51. The van der Waals surface area contributed by atoms with Gasteiger partial charge in [0.1, 0.15) is 18.1 Å². The van der Waals surface area contributed by atoms with E-state index in [2.05, 4.69) is 72.8 Å². The number of nitrogens with zero attached hydrogens (tertiary/aromatic N) is 2. The Morgan fingerprint density at radius 3 is 2.34 bits per heavy atom. The van der Waals surface area contributed by atoms with E-state index in [0.29, 0.717) is 0 Å². The van der Waals surface area contributed by atoms with Crippen molar-refractivity contribution in [2.75, 3.05) is 26.2 Å². The summed E-state index contributed by atoms with van der Waals surface area (Å²) in [4.78, 5) is 7.10. The summed E-state index contributed by atoms with van der Waals surface area (Å²) < 4.78 is 5.93. The predicted molar refractivity (Wildman–Crippen MR) is 132 cm³/mol. The highest BCUT2D eigenvalue weighted by Gasteiger charge is 2.15. The van der Waals surface area contributed by atoms with Crippen LogP contribution in [0.4, 0.5) is 0 Å². The van der Waals surface area contributed by atoms with Crippen LogP contribution in [0.2, 0.25) is 0 Å². The first-order valence-electron chi connectivity index (χ1n) is 11.6. The van der Waals surface area contributed by atoms with Gasteiger partial charge in [0.25, 0.3) is 0 Å². The molecule has 164 valence electrons. The molecular weight excluding hydrogens is 392 g/mol. The van der Waals surface area contributed by atoms with Crippen LogP contribution in [0.1, 0.15) is 42.1 Å². The second kappa shape index (κ2) is 10.5. The average Bonchev–Trinajstić information content (AvgIpc) is 2.81. The lowest BCUT2D eigenvalue weighted by Crippen LogP contribution is -2.35. The van der Waals surface area contributed by atoms with Crippen LogP contribution in [-0.2, 0) is 0 Å². The summed E-state index contributed by atoms with van der Waals surface area (Å²) >= 11 is 0. The maximum atomic E-state index is 5.93. The van der Waals surface area contributed by atoms with Crippen LogP contribution in [0.15, 0.2) is 60.8 Å². The number of rotatable bonds is 5. The molecule has 1 aromatic heterocycles. The van der Waals surface area contributed by atoms with Crippen molar-refractivity contribution in [3.05, 3.63) is 83.2 Å². The van der Waals surface area contributed by atoms with Crippen LogP contribution in [-0.4, -0.2) is 36.1 Å². The van der Waals surface area contributed by atoms with Gasteiger partial charge in [-0.2, -0.15) is 0 Å². The summed E-state index contributed by atoms with van der Waals surface area (Å²) in [5, 5.41) is 0. The number of aromatic nitrogens is 1. The third-order valence-corrected chi connectivity index (χ3v) is 6.20. The van der Waals surface area contributed by atoms with Crippen molar-refractivity contribution >= 4 is 0 Å². The summed E-state index contributed by atoms with van der Waals surface area (Å²) in [7, 11) is 0. The molecule has 0 bridgehead atoms. The van der Waals surface area contributed by atoms with Crippen LogP contribution in [0.25, 0.3) is 11.1 Å². The minimum Gasteiger partial charge on any atom is -0.492 e. The van der Waals surface area contributed by atoms with Gasteiger partial charge < -0.3 is 4.74 Å². The van der Waals surface area contributed by atoms with E-state index in [1.54, 1.807) is 0 Å². The Balaban J connectivity index is 1.33. The van der Waals surface area contributed by atoms with E-state index in [1.807, 2.05) is 30.5 Å². The van der Waals surface area contributed by atoms with E-state index < -0.39 is 0 Å². The van der Waals surface area contributed by atoms with Gasteiger partial charge in [-0.3, -0.25) is 4.90 Å². The SMILES string of the molecule is Cc1ccc(-c2cnc(C#Cc3ccc(OCCN4CCC(C)CC4)cc3)c(C)c2)cc1. The number of ether oxygens (including phenoxy) is 1. The van der Waals surface area contributed by atoms with E-state index in [0.717, 1.165) is 47.2 Å². The van der Waals surface area contributed by atoms with E-state index >= 15 is 0 Å². The van der Waals surface area contributed by atoms with Crippen molar-refractivity contribution < 1.29 is 4.74 Å². The summed E-state index contributed by atoms with van der Waals surface area (Å²) in [5.74, 6) is 8.22. The molecule has 3 nitrogen and oxygen atoms in total. The lowest BCUT2D eigenvalue weighted by Gasteiger charge is -2.29. The fourth-order valence-electron chi connectivity index (χ4n) is 3.95. The molecule has 0 spiro atoms. The molecule has 0 radical (unpaired) electrons. The summed E-state index contributed by atoms with van der Waals surface area (Å²) in [6, 6.07) is 18.7. The largest absolute Gasteiger partial charge is 0.492 e. The third-order valence-electron chi connectivity index (χ3n) is 6.20. The van der Waals surface area contributed by atoms with E-state index in [1.165, 1.54) is 37.1 Å². The molecule has 32 heavy (non-hydrogen) atoms. The van der Waals surface area contributed by atoms with Crippen molar-refractivity contribution in [3.8, 4) is 28.7 Å². The third kappa shape index (κ3) is 5.99. The van der Waals surface area contributed by atoms with Crippen LogP contribution in [0.3, 0.4) is 0 Å². The number of benzene rings is 2. The average molecular weight is 425 g/mol. The zero-order chi connectivity index (χ0) is 22.3. The second-order valence-electron chi connectivity index (χ2n) is 8.90. The molecule has 0 aliphatic carbocycles. The highest BCUT2D eigenvalue weighted by molar-refractivity contribution is 5.64. The maximum absolute atomic E-state index is 5.93. The number of pyridine rings is 1. The molecule has 1 aliphatic rings. The van der Waals surface area contributed by atoms with Gasteiger partial charge in [-0.15, -0.1) is 0 Å². The van der Waals surface area contributed by atoms with E-state index in [4.69, 9.17) is 4.74 Å². The molecule has 4 rings (SSSR count). The fraction of sp³-hybridized carbons (Fsp3) is 0.345. The standard InChI is InChI=1S/C29H32N2O/c1-22-4-9-26(10-5-22)27-20-24(3)29(30-21-27)13-8-25-6-11-28(12-7-25)32-19-18-31-16-14-23(2)15-17-31/h4-7,9-12,20-21,23H,14-19H2,1-3H3. The van der Waals surface area contributed by atoms with Crippen LogP contribution < -0.4 is 4.74 Å². The first kappa shape index (κ1) is 22.1. The van der Waals surface area contributed by atoms with E-state index in [-0.39, 0.29) is 0 Å². The van der Waals surface area contributed by atoms with Gasteiger partial charge in [0.05, 0.1) is 0 Å². The molecule has 2 aromatic carbocycles. The molecular formula is C29H32N2O. The summed E-state index contributed by atoms with van der Waals surface area (Å²) in [6.45, 7) is 10.6. The molecule has 3 aromatic rings. The van der Waals surface area contributed by atoms with Crippen molar-refractivity contribution in [2.45, 2.75) is 33.6 Å². The molecule has 0 unspecified atom stereocenters. The molecule has 0 amide bonds. The molecule has 2 heterocycles. The fourth-order valence-corrected chi connectivity index (χ4v) is 3.95. The molecule has 0 atom stereocenters. The minimum absolute atomic E-state index is 0.732. The van der Waals surface area contributed by atoms with Crippen molar-refractivity contribution in [1.82, 2.24) is 9.88 Å². The first-order chi connectivity index (χ1) is 15.6. The Labute approximate surface area is 192 Å². The number of hydrogen-bond donors (Lipinski definition) is 0. The van der Waals surface area contributed by atoms with Gasteiger partial charge in [0, 0.05) is 23.9 Å². The second-order valence-corrected chi connectivity index (χ2v) is 8.90. The monoisotopic (exact) mass is 424 g/mol. The Morgan fingerprint density at radius 1 is 0.938 bits per heavy atom. The lowest BCUT2D eigenvalue weighted by molar-refractivity contribution is 0.160. The van der Waals surface area contributed by atoms with Crippen LogP contribution in [0.5, 0.6) is 5.75 Å². The Morgan fingerprint density at radius 2 is 1.66 bits per heavy atom. The zero-order valence-corrected chi connectivity index (χ0v) is 19.4. The van der Waals surface area contributed by atoms with E-state index in [9.17, 15) is 0 Å². The number of piperidine rings is 1. The highest BCUT2D eigenvalue weighted by atomic mass is 16.5. The van der Waals surface area contributed by atoms with Gasteiger partial charge >= 0.3 is 0 Å². The molecule has 0 saturated carbocycles. The first-order valence-corrected chi connectivity index (χ1v) is 11.6. The Hall–Kier alpha value is -3.09. The molecule has 0 N–H and O–H groups in total. The molecule has 1 aliphatic heterocycles. The van der Waals surface area contributed by atoms with Gasteiger partial charge in [-0.1, -0.05) is 42.7 Å². The number of likely N-dealkylation sites (tertiary alicyclic amines) is 1. The summed E-state index contributed by atoms with van der Waals surface area (Å²) in [5.41, 5.74) is 6.42. The Kier molecular flexibility index (Phi) is 7.24. The topological polar surface area (TPSA) is 25.4 Å². The minimum atomic E-state index is 0.732. The van der Waals surface area contributed by atoms with Gasteiger partial charge in [-0.05, 0) is 93.1 Å². The number of aryl methyl sites for hydroxylation is 2. The molecule has 3 heteroatoms. The zero-order valence-electron chi connectivity index (χ0n) is 19.4. The predicted octanol–water partition coefficient (Wildman–Crippen LogP) is 5.88. The smallest absolute Gasteiger partial charge is 0.119 e. The van der Waals surface area contributed by atoms with Crippen LogP contribution >= 0.6 is 0 Å². The molecule has 1 saturated heterocycles. The van der Waals surface area contributed by atoms with Crippen molar-refractivity contribution in [1.29, 1.82) is 0 Å². The van der Waals surface area contributed by atoms with Crippen molar-refractivity contribution in [3.63, 3.8) is 0 Å². The van der Waals surface area contributed by atoms with Gasteiger partial charge in [0.15, 0.2) is 0 Å². The lowest BCUT2D eigenvalue weighted by atomic mass is 9.99. The highest BCUT2D eigenvalue weighted by Crippen LogP contribution is 2.21. The van der Waals surface area contributed by atoms with Crippen molar-refractivity contribution in [2.24, 2.45) is 5.92 Å². The quantitative estimate of drug-likeness (QED) is 0.479.